The van der Waals surface area contributed by atoms with Crippen LogP contribution in [0.3, 0.4) is 0 Å². The number of nitrogens with one attached hydrogen (secondary N) is 1. The predicted molar refractivity (Wildman–Crippen MR) is 64.4 cm³/mol. The summed E-state index contributed by atoms with van der Waals surface area (Å²) in [4.78, 5) is 16.2. The van der Waals surface area contributed by atoms with Gasteiger partial charge in [0.2, 0.25) is 0 Å². The Hall–Kier alpha value is -0.770. The van der Waals surface area contributed by atoms with Crippen LogP contribution in [0.5, 0.6) is 0 Å². The van der Waals surface area contributed by atoms with Crippen LogP contribution < -0.4 is 5.32 Å². The third kappa shape index (κ3) is 2.32. The molecule has 92 valence electrons. The highest BCUT2D eigenvalue weighted by Crippen LogP contribution is 2.19. The molecule has 2 amide bonds. The third-order valence-corrected chi connectivity index (χ3v) is 3.92. The standard InChI is InChI=1S/C12H23N3O/c1-10-9-15(8-5-11(10)13-2)12(16)14-6-3-4-7-14/h10-11,13H,3-9H2,1-2H3. The molecular formula is C12H23N3O. The minimum atomic E-state index is 0.263. The highest BCUT2D eigenvalue weighted by molar-refractivity contribution is 5.74. The van der Waals surface area contributed by atoms with Crippen LogP contribution in [0.4, 0.5) is 4.79 Å². The zero-order valence-corrected chi connectivity index (χ0v) is 10.4. The topological polar surface area (TPSA) is 35.6 Å². The van der Waals surface area contributed by atoms with Crippen LogP contribution in [0.25, 0.3) is 0 Å². The van der Waals surface area contributed by atoms with Crippen molar-refractivity contribution in [1.82, 2.24) is 15.1 Å². The molecule has 2 rings (SSSR count). The number of carbonyl (C=O) groups excluding carboxylic acids is 1. The highest BCUT2D eigenvalue weighted by atomic mass is 16.2. The number of urea groups is 1. The average molecular weight is 225 g/mol. The molecule has 2 aliphatic rings. The molecule has 2 fully saturated rings. The number of hydrogen-bond donors (Lipinski definition) is 1. The van der Waals surface area contributed by atoms with Gasteiger partial charge in [0.1, 0.15) is 0 Å². The van der Waals surface area contributed by atoms with Gasteiger partial charge in [-0.1, -0.05) is 6.92 Å². The fourth-order valence-electron chi connectivity index (χ4n) is 2.86. The van der Waals surface area contributed by atoms with E-state index < -0.39 is 0 Å². The number of rotatable bonds is 1. The quantitative estimate of drug-likeness (QED) is 0.726. The van der Waals surface area contributed by atoms with Gasteiger partial charge >= 0.3 is 6.03 Å². The molecule has 0 saturated carbocycles. The van der Waals surface area contributed by atoms with E-state index in [0.717, 1.165) is 32.6 Å². The van der Waals surface area contributed by atoms with Crippen LogP contribution in [-0.4, -0.2) is 55.1 Å². The van der Waals surface area contributed by atoms with Gasteiger partial charge in [0.05, 0.1) is 0 Å². The summed E-state index contributed by atoms with van der Waals surface area (Å²) >= 11 is 0. The van der Waals surface area contributed by atoms with E-state index >= 15 is 0 Å². The molecule has 0 bridgehead atoms. The van der Waals surface area contributed by atoms with E-state index in [2.05, 4.69) is 12.2 Å². The van der Waals surface area contributed by atoms with Crippen molar-refractivity contribution in [3.8, 4) is 0 Å². The Balaban J connectivity index is 1.88. The molecule has 16 heavy (non-hydrogen) atoms. The maximum absolute atomic E-state index is 12.2. The normalized spacial score (nSPS) is 30.9. The maximum atomic E-state index is 12.2. The smallest absolute Gasteiger partial charge is 0.320 e. The number of carbonyl (C=O) groups is 1. The van der Waals surface area contributed by atoms with Gasteiger partial charge in [0.25, 0.3) is 0 Å². The summed E-state index contributed by atoms with van der Waals surface area (Å²) in [5, 5.41) is 3.33. The monoisotopic (exact) mass is 225 g/mol. The summed E-state index contributed by atoms with van der Waals surface area (Å²) in [6, 6.07) is 0.835. The maximum Gasteiger partial charge on any atom is 0.320 e. The van der Waals surface area contributed by atoms with E-state index in [-0.39, 0.29) is 6.03 Å². The molecule has 1 N–H and O–H groups in total. The Morgan fingerprint density at radius 3 is 2.44 bits per heavy atom. The lowest BCUT2D eigenvalue weighted by molar-refractivity contribution is 0.126. The van der Waals surface area contributed by atoms with Gasteiger partial charge in [-0.3, -0.25) is 0 Å². The second-order valence-corrected chi connectivity index (χ2v) is 5.08. The first kappa shape index (κ1) is 11.7. The number of likely N-dealkylation sites (tertiary alicyclic amines) is 2. The van der Waals surface area contributed by atoms with Crippen molar-refractivity contribution in [2.75, 3.05) is 33.2 Å². The Bertz CT molecular complexity index is 251. The molecule has 0 radical (unpaired) electrons. The first-order valence-corrected chi connectivity index (χ1v) is 6.43. The van der Waals surface area contributed by atoms with Crippen molar-refractivity contribution in [3.05, 3.63) is 0 Å². The third-order valence-electron chi connectivity index (χ3n) is 3.92. The lowest BCUT2D eigenvalue weighted by Gasteiger charge is -2.38. The second kappa shape index (κ2) is 5.04. The summed E-state index contributed by atoms with van der Waals surface area (Å²) in [7, 11) is 2.01. The number of hydrogen-bond acceptors (Lipinski definition) is 2. The van der Waals surface area contributed by atoms with Crippen LogP contribution in [0, 0.1) is 5.92 Å². The Morgan fingerprint density at radius 1 is 1.19 bits per heavy atom. The van der Waals surface area contributed by atoms with E-state index in [4.69, 9.17) is 0 Å². The lowest BCUT2D eigenvalue weighted by Crippen LogP contribution is -2.52. The van der Waals surface area contributed by atoms with E-state index in [9.17, 15) is 4.79 Å². The van der Waals surface area contributed by atoms with Crippen molar-refractivity contribution < 1.29 is 4.79 Å². The Kier molecular flexibility index (Phi) is 3.69. The first-order valence-electron chi connectivity index (χ1n) is 6.43. The molecule has 2 atom stereocenters. The number of piperidine rings is 1. The molecule has 0 aromatic carbocycles. The van der Waals surface area contributed by atoms with E-state index in [1.165, 1.54) is 12.8 Å². The van der Waals surface area contributed by atoms with Gasteiger partial charge in [-0.15, -0.1) is 0 Å². The van der Waals surface area contributed by atoms with E-state index in [0.29, 0.717) is 12.0 Å². The summed E-state index contributed by atoms with van der Waals surface area (Å²) in [6.45, 7) is 5.95. The summed E-state index contributed by atoms with van der Waals surface area (Å²) in [6.07, 6.45) is 3.43. The molecule has 2 saturated heterocycles. The zero-order chi connectivity index (χ0) is 11.5. The molecule has 2 aliphatic heterocycles. The van der Waals surface area contributed by atoms with Crippen molar-refractivity contribution in [3.63, 3.8) is 0 Å². The van der Waals surface area contributed by atoms with Gasteiger partial charge in [0, 0.05) is 32.2 Å². The summed E-state index contributed by atoms with van der Waals surface area (Å²) in [5.41, 5.74) is 0. The Morgan fingerprint density at radius 2 is 1.88 bits per heavy atom. The summed E-state index contributed by atoms with van der Waals surface area (Å²) in [5.74, 6) is 0.560. The second-order valence-electron chi connectivity index (χ2n) is 5.08. The average Bonchev–Trinajstić information content (AvgIpc) is 2.81. The first-order chi connectivity index (χ1) is 7.72. The Labute approximate surface area is 98.0 Å². The van der Waals surface area contributed by atoms with Gasteiger partial charge in [-0.05, 0) is 32.2 Å². The highest BCUT2D eigenvalue weighted by Gasteiger charge is 2.30. The van der Waals surface area contributed by atoms with Gasteiger partial charge in [0.15, 0.2) is 0 Å². The van der Waals surface area contributed by atoms with E-state index in [1.807, 2.05) is 16.8 Å². The molecule has 4 nitrogen and oxygen atoms in total. The lowest BCUT2D eigenvalue weighted by atomic mass is 9.94. The van der Waals surface area contributed by atoms with Gasteiger partial charge in [-0.2, -0.15) is 0 Å². The SMILES string of the molecule is CNC1CCN(C(=O)N2CCCC2)CC1C. The van der Waals surface area contributed by atoms with Crippen molar-refractivity contribution in [2.45, 2.75) is 32.2 Å². The van der Waals surface area contributed by atoms with E-state index in [1.54, 1.807) is 0 Å². The zero-order valence-electron chi connectivity index (χ0n) is 10.4. The summed E-state index contributed by atoms with van der Waals surface area (Å²) < 4.78 is 0. The molecule has 4 heteroatoms. The molecule has 2 unspecified atom stereocenters. The predicted octanol–water partition coefficient (Wildman–Crippen LogP) is 1.13. The molecule has 0 aromatic heterocycles. The van der Waals surface area contributed by atoms with Crippen molar-refractivity contribution >= 4 is 6.03 Å². The van der Waals surface area contributed by atoms with Gasteiger partial charge < -0.3 is 15.1 Å². The molecule has 2 heterocycles. The van der Waals surface area contributed by atoms with Crippen LogP contribution in [0.2, 0.25) is 0 Å². The van der Waals surface area contributed by atoms with Crippen LogP contribution in [0.1, 0.15) is 26.2 Å². The van der Waals surface area contributed by atoms with Gasteiger partial charge in [-0.25, -0.2) is 4.79 Å². The van der Waals surface area contributed by atoms with Crippen molar-refractivity contribution in [1.29, 1.82) is 0 Å². The number of nitrogens with zero attached hydrogens (tertiary/aromatic N) is 2. The largest absolute Gasteiger partial charge is 0.325 e. The number of amides is 2. The molecular weight excluding hydrogens is 202 g/mol. The molecule has 0 aliphatic carbocycles. The fourth-order valence-corrected chi connectivity index (χ4v) is 2.86. The minimum Gasteiger partial charge on any atom is -0.325 e. The van der Waals surface area contributed by atoms with Crippen LogP contribution in [0.15, 0.2) is 0 Å². The fraction of sp³-hybridized carbons (Fsp3) is 0.917. The molecule has 0 aromatic rings. The van der Waals surface area contributed by atoms with Crippen molar-refractivity contribution in [2.24, 2.45) is 5.92 Å². The van der Waals surface area contributed by atoms with Crippen LogP contribution >= 0.6 is 0 Å². The minimum absolute atomic E-state index is 0.263. The molecule has 0 spiro atoms. The van der Waals surface area contributed by atoms with Crippen LogP contribution in [-0.2, 0) is 0 Å².